The maximum Gasteiger partial charge on any atom is 0.432 e. The van der Waals surface area contributed by atoms with Crippen molar-refractivity contribution < 1.29 is 32.2 Å². The van der Waals surface area contributed by atoms with E-state index in [1.54, 1.807) is 6.07 Å². The third kappa shape index (κ3) is 6.95. The summed E-state index contributed by atoms with van der Waals surface area (Å²) in [6.07, 6.45) is 0.965. The van der Waals surface area contributed by atoms with Crippen LogP contribution < -0.4 is 0 Å². The van der Waals surface area contributed by atoms with Crippen LogP contribution in [-0.4, -0.2) is 42.4 Å². The van der Waals surface area contributed by atoms with Gasteiger partial charge in [-0.2, -0.15) is 13.2 Å². The van der Waals surface area contributed by atoms with Crippen molar-refractivity contribution in [3.63, 3.8) is 0 Å². The van der Waals surface area contributed by atoms with Crippen molar-refractivity contribution in [1.82, 2.24) is 0 Å². The Morgan fingerprint density at radius 1 is 1.15 bits per heavy atom. The van der Waals surface area contributed by atoms with Gasteiger partial charge in [0.25, 0.3) is 5.60 Å². The lowest BCUT2D eigenvalue weighted by atomic mass is 9.92. The fourth-order valence-corrected chi connectivity index (χ4v) is 4.77. The highest BCUT2D eigenvalue weighted by molar-refractivity contribution is 9.09. The smallest absolute Gasteiger partial charge is 0.432 e. The number of esters is 1. The first-order valence-electron chi connectivity index (χ1n) is 11.9. The van der Waals surface area contributed by atoms with Gasteiger partial charge in [0.1, 0.15) is 6.10 Å². The lowest BCUT2D eigenvalue weighted by Gasteiger charge is -2.38. The molecular weight excluding hydrogens is 501 g/mol. The summed E-state index contributed by atoms with van der Waals surface area (Å²) in [7, 11) is 0.891. The molecule has 5 atom stereocenters. The first kappa shape index (κ1) is 28.1. The molecule has 0 N–H and O–H groups in total. The molecule has 2 rings (SSSR count). The van der Waals surface area contributed by atoms with Gasteiger partial charge in [-0.05, 0) is 32.1 Å². The quantitative estimate of drug-likeness (QED) is 0.182. The minimum atomic E-state index is -4.99. The van der Waals surface area contributed by atoms with Gasteiger partial charge in [0.2, 0.25) is 0 Å². The van der Waals surface area contributed by atoms with Gasteiger partial charge in [-0.1, -0.05) is 85.8 Å². The van der Waals surface area contributed by atoms with Crippen LogP contribution in [0.2, 0.25) is 0 Å². The molecule has 1 aromatic rings. The first-order chi connectivity index (χ1) is 15.7. The van der Waals surface area contributed by atoms with Gasteiger partial charge < -0.3 is 14.2 Å². The fourth-order valence-electron chi connectivity index (χ4n) is 4.38. The first-order valence-corrected chi connectivity index (χ1v) is 12.8. The molecule has 0 saturated carbocycles. The van der Waals surface area contributed by atoms with Gasteiger partial charge >= 0.3 is 12.1 Å². The van der Waals surface area contributed by atoms with Crippen LogP contribution in [0.25, 0.3) is 0 Å². The van der Waals surface area contributed by atoms with Crippen molar-refractivity contribution in [2.75, 3.05) is 7.11 Å². The zero-order chi connectivity index (χ0) is 24.5. The second-order valence-corrected chi connectivity index (χ2v) is 9.79. The number of alkyl halides is 4. The van der Waals surface area contributed by atoms with E-state index in [1.165, 1.54) is 24.3 Å². The molecule has 1 heterocycles. The Hall–Kier alpha value is -1.12. The van der Waals surface area contributed by atoms with Crippen LogP contribution in [0.4, 0.5) is 13.2 Å². The van der Waals surface area contributed by atoms with Crippen LogP contribution in [0.15, 0.2) is 30.3 Å². The number of methoxy groups -OCH3 is 1. The van der Waals surface area contributed by atoms with Gasteiger partial charge in [-0.15, -0.1) is 0 Å². The Morgan fingerprint density at radius 2 is 1.82 bits per heavy atom. The monoisotopic (exact) mass is 536 g/mol. The largest absolute Gasteiger partial charge is 0.457 e. The Kier molecular flexibility index (Phi) is 11.2. The van der Waals surface area contributed by atoms with E-state index in [4.69, 9.17) is 14.2 Å². The van der Waals surface area contributed by atoms with Gasteiger partial charge in [-0.3, -0.25) is 0 Å². The van der Waals surface area contributed by atoms with Crippen molar-refractivity contribution in [3.8, 4) is 0 Å². The van der Waals surface area contributed by atoms with E-state index in [0.29, 0.717) is 12.8 Å². The average molecular weight is 537 g/mol. The summed E-state index contributed by atoms with van der Waals surface area (Å²) < 4.78 is 59.9. The third-order valence-corrected chi connectivity index (χ3v) is 7.55. The number of halogens is 4. The molecule has 1 aromatic carbocycles. The lowest BCUT2D eigenvalue weighted by molar-refractivity contribution is -0.280. The summed E-state index contributed by atoms with van der Waals surface area (Å²) >= 11 is 3.68. The normalized spacial score (nSPS) is 24.9. The van der Waals surface area contributed by atoms with E-state index in [1.807, 2.05) is 0 Å². The second-order valence-electron chi connectivity index (χ2n) is 8.61. The average Bonchev–Trinajstić information content (AvgIpc) is 2.77. The second kappa shape index (κ2) is 13.1. The molecule has 0 aromatic heterocycles. The predicted octanol–water partition coefficient (Wildman–Crippen LogP) is 7.08. The Balaban J connectivity index is 2.35. The molecule has 1 saturated heterocycles. The summed E-state index contributed by atoms with van der Waals surface area (Å²) in [5.74, 6) is -1.44. The SMILES string of the molecule is CCCCC[C@@H]1O[C@@H](C(Br)CC)CCCC[C@@H]1OC(=O)[C@@](OC)(c1ccccc1)C(F)(F)F. The van der Waals surface area contributed by atoms with Gasteiger partial charge in [-0.25, -0.2) is 4.79 Å². The topological polar surface area (TPSA) is 44.8 Å². The van der Waals surface area contributed by atoms with Crippen molar-refractivity contribution in [2.24, 2.45) is 0 Å². The van der Waals surface area contributed by atoms with Crippen molar-refractivity contribution in [3.05, 3.63) is 35.9 Å². The number of unbranched alkanes of at least 4 members (excludes halogenated alkanes) is 2. The molecular formula is C25H36BrF3O4. The zero-order valence-corrected chi connectivity index (χ0v) is 21.3. The van der Waals surface area contributed by atoms with Crippen LogP contribution in [0.5, 0.6) is 0 Å². The van der Waals surface area contributed by atoms with Crippen LogP contribution in [0, 0.1) is 0 Å². The number of benzene rings is 1. The van der Waals surface area contributed by atoms with E-state index < -0.39 is 30.0 Å². The highest BCUT2D eigenvalue weighted by Crippen LogP contribution is 2.43. The minimum Gasteiger partial charge on any atom is -0.457 e. The summed E-state index contributed by atoms with van der Waals surface area (Å²) in [5.41, 5.74) is -3.49. The molecule has 1 aliphatic rings. The molecule has 0 bridgehead atoms. The van der Waals surface area contributed by atoms with E-state index in [2.05, 4.69) is 29.8 Å². The number of hydrogen-bond acceptors (Lipinski definition) is 4. The molecule has 8 heteroatoms. The highest BCUT2D eigenvalue weighted by atomic mass is 79.9. The molecule has 188 valence electrons. The molecule has 1 aliphatic heterocycles. The number of carbonyl (C=O) groups excluding carboxylic acids is 1. The van der Waals surface area contributed by atoms with Crippen LogP contribution in [-0.2, 0) is 24.6 Å². The molecule has 0 amide bonds. The summed E-state index contributed by atoms with van der Waals surface area (Å²) in [6, 6.07) is 6.94. The van der Waals surface area contributed by atoms with E-state index in [-0.39, 0.29) is 16.5 Å². The number of hydrogen-bond donors (Lipinski definition) is 0. The maximum absolute atomic E-state index is 14.3. The lowest BCUT2D eigenvalue weighted by Crippen LogP contribution is -2.53. The van der Waals surface area contributed by atoms with Gasteiger partial charge in [0, 0.05) is 17.5 Å². The standard InChI is InChI=1S/C25H36BrF3O4/c1-4-6-8-16-21-22(17-12-11-15-20(32-21)19(26)5-2)33-23(30)24(31-3,25(27,28)29)18-13-9-7-10-14-18/h7,9-10,13-14,19-22H,4-6,8,11-12,15-17H2,1-3H3/t19?,20-,21+,22+,24+/m1/s1. The Bertz CT molecular complexity index is 715. The number of rotatable bonds is 10. The molecule has 33 heavy (non-hydrogen) atoms. The molecule has 4 nitrogen and oxygen atoms in total. The van der Waals surface area contributed by atoms with Gasteiger partial charge in [0.05, 0.1) is 12.2 Å². The third-order valence-electron chi connectivity index (χ3n) is 6.31. The fraction of sp³-hybridized carbons (Fsp3) is 0.720. The van der Waals surface area contributed by atoms with E-state index >= 15 is 0 Å². The van der Waals surface area contributed by atoms with Crippen molar-refractivity contribution in [2.45, 2.75) is 107 Å². The van der Waals surface area contributed by atoms with Crippen LogP contribution >= 0.6 is 15.9 Å². The number of ether oxygens (including phenoxy) is 3. The molecule has 0 spiro atoms. The minimum absolute atomic E-state index is 0.0768. The highest BCUT2D eigenvalue weighted by Gasteiger charge is 2.64. The molecule has 1 fully saturated rings. The summed E-state index contributed by atoms with van der Waals surface area (Å²) in [4.78, 5) is 13.4. The summed E-state index contributed by atoms with van der Waals surface area (Å²) in [5, 5.41) is 0. The molecule has 1 unspecified atom stereocenters. The predicted molar refractivity (Wildman–Crippen MR) is 125 cm³/mol. The van der Waals surface area contributed by atoms with Crippen LogP contribution in [0.3, 0.4) is 0 Å². The Morgan fingerprint density at radius 3 is 2.39 bits per heavy atom. The molecule has 0 radical (unpaired) electrons. The summed E-state index contributed by atoms with van der Waals surface area (Å²) in [6.45, 7) is 4.14. The van der Waals surface area contributed by atoms with Crippen LogP contribution in [0.1, 0.15) is 77.2 Å². The maximum atomic E-state index is 14.3. The van der Waals surface area contributed by atoms with Crippen molar-refractivity contribution >= 4 is 21.9 Å². The number of carbonyl (C=O) groups is 1. The Labute approximate surface area is 203 Å². The molecule has 0 aliphatic carbocycles. The zero-order valence-electron chi connectivity index (χ0n) is 19.7. The van der Waals surface area contributed by atoms with E-state index in [0.717, 1.165) is 52.1 Å². The van der Waals surface area contributed by atoms with Gasteiger partial charge in [0.15, 0.2) is 0 Å². The van der Waals surface area contributed by atoms with E-state index in [9.17, 15) is 18.0 Å². The van der Waals surface area contributed by atoms with Crippen molar-refractivity contribution in [1.29, 1.82) is 0 Å².